The van der Waals surface area contributed by atoms with Crippen molar-refractivity contribution in [3.8, 4) is 0 Å². The van der Waals surface area contributed by atoms with E-state index in [1.165, 1.54) is 0 Å². The molecule has 0 heterocycles. The van der Waals surface area contributed by atoms with E-state index in [-0.39, 0.29) is 0 Å². The number of carbonyl (C=O) groups excluding carboxylic acids is 2. The van der Waals surface area contributed by atoms with E-state index in [1.54, 1.807) is 0 Å². The summed E-state index contributed by atoms with van der Waals surface area (Å²) in [4.78, 5) is 18.0. The van der Waals surface area contributed by atoms with Crippen LogP contribution in [0.2, 0.25) is 0 Å². The van der Waals surface area contributed by atoms with Crippen molar-refractivity contribution in [1.29, 1.82) is 0 Å². The van der Waals surface area contributed by atoms with E-state index in [2.05, 4.69) is 11.7 Å². The Labute approximate surface area is 58.6 Å². The summed E-state index contributed by atoms with van der Waals surface area (Å²) in [6, 6.07) is 0. The molecule has 0 aromatic rings. The minimum absolute atomic E-state index is 0.648. The molecule has 0 atom stereocenters. The monoisotopic (exact) mass is 165 g/mol. The summed E-state index contributed by atoms with van der Waals surface area (Å²) in [5.41, 5.74) is 0. The highest BCUT2D eigenvalue weighted by Crippen LogP contribution is 1.79. The number of carbonyl (C=O) groups is 2. The number of hydrogen-bond donors (Lipinski definition) is 1. The number of nitrogens with two attached hydrogens (primary N) is 1. The quantitative estimate of drug-likeness (QED) is 0.494. The molecule has 0 rings (SSSR count). The van der Waals surface area contributed by atoms with Crippen LogP contribution in [0.1, 0.15) is 0 Å². The highest BCUT2D eigenvalue weighted by Gasteiger charge is 2.09. The average Bonchev–Trinajstić information content (AvgIpc) is 1.89. The molecular weight excluding hydrogens is 158 g/mol. The summed E-state index contributed by atoms with van der Waals surface area (Å²) >= 11 is 0. The predicted molar refractivity (Wildman–Crippen MR) is 35.4 cm³/mol. The maximum Gasteiger partial charge on any atom is 0.283 e. The Morgan fingerprint density at radius 1 is 1.40 bits per heavy atom. The lowest BCUT2D eigenvalue weighted by molar-refractivity contribution is -0.107. The van der Waals surface area contributed by atoms with E-state index >= 15 is 0 Å². The van der Waals surface area contributed by atoms with Crippen LogP contribution in [0, 0.1) is 0 Å². The molecule has 10 heavy (non-hydrogen) atoms. The van der Waals surface area contributed by atoms with Crippen molar-refractivity contribution in [2.75, 3.05) is 0 Å². The fourth-order valence-electron chi connectivity index (χ4n) is 0.116. The standard InChI is InChI=1S/C3H5NO3S.CH2O/c1-2-3(5)8(4,6)7;1-2/h2H,1H2,(H2,4,6,7);1H2. The Kier molecular flexibility index (Phi) is 5.67. The Balaban J connectivity index is 0. The van der Waals surface area contributed by atoms with Gasteiger partial charge in [-0.3, -0.25) is 4.79 Å². The van der Waals surface area contributed by atoms with Crippen LogP contribution in [0.4, 0.5) is 0 Å². The summed E-state index contributed by atoms with van der Waals surface area (Å²) in [5, 5.41) is 3.19. The van der Waals surface area contributed by atoms with Crippen molar-refractivity contribution in [2.24, 2.45) is 5.14 Å². The van der Waals surface area contributed by atoms with E-state index in [0.29, 0.717) is 6.08 Å². The summed E-state index contributed by atoms with van der Waals surface area (Å²) in [5.74, 6) is 0. The van der Waals surface area contributed by atoms with Crippen LogP contribution in [-0.4, -0.2) is 20.3 Å². The van der Waals surface area contributed by atoms with E-state index in [1.807, 2.05) is 6.79 Å². The molecule has 0 saturated heterocycles. The first-order chi connectivity index (χ1) is 4.48. The first-order valence-corrected chi connectivity index (χ1v) is 3.51. The number of hydrogen-bond acceptors (Lipinski definition) is 4. The maximum absolute atomic E-state index is 10.0. The fourth-order valence-corrected chi connectivity index (χ4v) is 0.348. The number of primary sulfonamides is 1. The van der Waals surface area contributed by atoms with Crippen molar-refractivity contribution >= 4 is 21.9 Å². The molecule has 0 amide bonds. The van der Waals surface area contributed by atoms with Crippen molar-refractivity contribution < 1.29 is 18.0 Å². The molecule has 58 valence electrons. The van der Waals surface area contributed by atoms with Crippen LogP contribution in [0.25, 0.3) is 0 Å². The van der Waals surface area contributed by atoms with E-state index < -0.39 is 15.1 Å². The van der Waals surface area contributed by atoms with Crippen LogP contribution in [-0.2, 0) is 19.6 Å². The molecule has 0 radical (unpaired) electrons. The van der Waals surface area contributed by atoms with Crippen LogP contribution in [0.15, 0.2) is 12.7 Å². The van der Waals surface area contributed by atoms with Gasteiger partial charge in [0.1, 0.15) is 6.79 Å². The summed E-state index contributed by atoms with van der Waals surface area (Å²) < 4.78 is 19.8. The molecule has 0 unspecified atom stereocenters. The Hall–Kier alpha value is -1.01. The molecule has 6 heteroatoms. The fraction of sp³-hybridized carbons (Fsp3) is 0. The molecule has 0 aromatic heterocycles. The zero-order valence-electron chi connectivity index (χ0n) is 5.11. The van der Waals surface area contributed by atoms with Crippen LogP contribution < -0.4 is 5.14 Å². The van der Waals surface area contributed by atoms with Gasteiger partial charge in [0.05, 0.1) is 0 Å². The van der Waals surface area contributed by atoms with Crippen LogP contribution in [0.5, 0.6) is 0 Å². The van der Waals surface area contributed by atoms with Crippen molar-refractivity contribution in [1.82, 2.24) is 0 Å². The highest BCUT2D eigenvalue weighted by atomic mass is 32.2. The zero-order valence-corrected chi connectivity index (χ0v) is 5.93. The second kappa shape index (κ2) is 4.83. The van der Waals surface area contributed by atoms with Crippen molar-refractivity contribution in [3.05, 3.63) is 12.7 Å². The maximum atomic E-state index is 10.0. The number of sulfonamides is 1. The minimum atomic E-state index is -4.01. The summed E-state index contributed by atoms with van der Waals surface area (Å²) in [7, 11) is -4.01. The van der Waals surface area contributed by atoms with Gasteiger partial charge in [-0.05, 0) is 6.08 Å². The zero-order chi connectivity index (χ0) is 8.78. The third kappa shape index (κ3) is 5.13. The molecule has 0 spiro atoms. The molecule has 0 aliphatic heterocycles. The summed E-state index contributed by atoms with van der Waals surface area (Å²) in [6.07, 6.45) is 0.648. The van der Waals surface area contributed by atoms with Gasteiger partial charge in [-0.25, -0.2) is 13.6 Å². The van der Waals surface area contributed by atoms with Crippen LogP contribution in [0.3, 0.4) is 0 Å². The topological polar surface area (TPSA) is 94.3 Å². The average molecular weight is 165 g/mol. The smallest absolute Gasteiger partial charge is 0.283 e. The molecule has 0 bridgehead atoms. The Morgan fingerprint density at radius 3 is 1.70 bits per heavy atom. The number of rotatable bonds is 1. The predicted octanol–water partition coefficient (Wildman–Crippen LogP) is -1.20. The molecule has 0 fully saturated rings. The normalized spacial score (nSPS) is 8.90. The van der Waals surface area contributed by atoms with Gasteiger partial charge in [0.2, 0.25) is 0 Å². The highest BCUT2D eigenvalue weighted by molar-refractivity contribution is 8.04. The second-order valence-corrected chi connectivity index (χ2v) is 2.56. The van der Waals surface area contributed by atoms with Crippen LogP contribution >= 0.6 is 0 Å². The van der Waals surface area contributed by atoms with Gasteiger partial charge in [-0.15, -0.1) is 0 Å². The van der Waals surface area contributed by atoms with Crippen molar-refractivity contribution in [2.45, 2.75) is 0 Å². The van der Waals surface area contributed by atoms with Gasteiger partial charge < -0.3 is 4.79 Å². The lowest BCUT2D eigenvalue weighted by Gasteiger charge is -1.83. The first-order valence-electron chi connectivity index (χ1n) is 1.96. The first kappa shape index (κ1) is 11.7. The third-order valence-corrected chi connectivity index (χ3v) is 1.17. The Bertz CT molecular complexity index is 217. The largest absolute Gasteiger partial charge is 0.307 e. The van der Waals surface area contributed by atoms with Gasteiger partial charge in [0.25, 0.3) is 15.1 Å². The molecule has 0 aromatic carbocycles. The molecule has 0 aliphatic carbocycles. The van der Waals surface area contributed by atoms with Gasteiger partial charge in [-0.1, -0.05) is 6.58 Å². The molecule has 2 N–H and O–H groups in total. The van der Waals surface area contributed by atoms with Gasteiger partial charge in [0.15, 0.2) is 0 Å². The van der Waals surface area contributed by atoms with Gasteiger partial charge >= 0.3 is 0 Å². The lowest BCUT2D eigenvalue weighted by atomic mass is 10.7. The molecule has 5 nitrogen and oxygen atoms in total. The van der Waals surface area contributed by atoms with Gasteiger partial charge in [-0.2, -0.15) is 0 Å². The minimum Gasteiger partial charge on any atom is -0.307 e. The molecule has 0 saturated carbocycles. The Morgan fingerprint density at radius 2 is 1.70 bits per heavy atom. The van der Waals surface area contributed by atoms with Crippen molar-refractivity contribution in [3.63, 3.8) is 0 Å². The van der Waals surface area contributed by atoms with E-state index in [0.717, 1.165) is 0 Å². The molecule has 0 aliphatic rings. The summed E-state index contributed by atoms with van der Waals surface area (Å²) in [6.45, 7) is 4.92. The van der Waals surface area contributed by atoms with E-state index in [9.17, 15) is 13.2 Å². The molecular formula is C4H7NO4S. The SMILES string of the molecule is C=CC(=O)S(N)(=O)=O.C=O. The van der Waals surface area contributed by atoms with Gasteiger partial charge in [0, 0.05) is 0 Å². The lowest BCUT2D eigenvalue weighted by Crippen LogP contribution is -2.20. The second-order valence-electron chi connectivity index (χ2n) is 1.07. The van der Waals surface area contributed by atoms with E-state index in [4.69, 9.17) is 4.79 Å². The third-order valence-electron chi connectivity index (χ3n) is 0.447.